The summed E-state index contributed by atoms with van der Waals surface area (Å²) in [6.45, 7) is 7.87. The number of thiocarbonyl (C=S) groups is 1. The van der Waals surface area contributed by atoms with Crippen LogP contribution in [-0.2, 0) is 11.3 Å². The highest BCUT2D eigenvalue weighted by Gasteiger charge is 2.17. The number of morpholine rings is 1. The van der Waals surface area contributed by atoms with Crippen molar-refractivity contribution in [3.8, 4) is 5.75 Å². The number of hydrogen-bond acceptors (Lipinski definition) is 4. The van der Waals surface area contributed by atoms with Gasteiger partial charge in [0.2, 0.25) is 0 Å². The summed E-state index contributed by atoms with van der Waals surface area (Å²) in [5.74, 6) is 0.861. The Balaban J connectivity index is 1.73. The first-order valence-corrected chi connectivity index (χ1v) is 10.6. The third-order valence-corrected chi connectivity index (χ3v) is 5.67. The smallest absolute Gasteiger partial charge is 0.173 e. The van der Waals surface area contributed by atoms with Crippen LogP contribution in [0.5, 0.6) is 5.75 Å². The Morgan fingerprint density at radius 2 is 2.00 bits per heavy atom. The molecule has 0 radical (unpaired) electrons. The molecule has 1 fully saturated rings. The van der Waals surface area contributed by atoms with Gasteiger partial charge in [0.25, 0.3) is 0 Å². The van der Waals surface area contributed by atoms with Crippen LogP contribution in [0.4, 0.5) is 5.69 Å². The van der Waals surface area contributed by atoms with E-state index in [1.165, 1.54) is 0 Å². The van der Waals surface area contributed by atoms with Crippen LogP contribution in [0.15, 0.2) is 42.5 Å². The van der Waals surface area contributed by atoms with Crippen molar-refractivity contribution < 1.29 is 9.47 Å². The average molecular weight is 434 g/mol. The minimum atomic E-state index is 0.648. The highest BCUT2D eigenvalue weighted by Crippen LogP contribution is 2.24. The fourth-order valence-electron chi connectivity index (χ4n) is 3.29. The van der Waals surface area contributed by atoms with Crippen molar-refractivity contribution in [1.29, 1.82) is 0 Å². The molecule has 0 aromatic heterocycles. The minimum absolute atomic E-state index is 0.648. The molecule has 2 aromatic carbocycles. The molecule has 0 saturated carbocycles. The molecule has 1 heterocycles. The van der Waals surface area contributed by atoms with E-state index in [2.05, 4.69) is 21.2 Å². The number of benzene rings is 2. The number of halogens is 1. The van der Waals surface area contributed by atoms with Crippen LogP contribution in [0.25, 0.3) is 0 Å². The largest absolute Gasteiger partial charge is 0.496 e. The molecular formula is C22H28ClN3O2S. The SMILES string of the molecule is COc1ccccc1CN(CCN1CCOCC1)C(=S)Nc1ccc(C)cc1Cl. The molecule has 1 saturated heterocycles. The van der Waals surface area contributed by atoms with Crippen LogP contribution >= 0.6 is 23.8 Å². The van der Waals surface area contributed by atoms with Gasteiger partial charge >= 0.3 is 0 Å². The van der Waals surface area contributed by atoms with E-state index in [1.807, 2.05) is 43.3 Å². The van der Waals surface area contributed by atoms with Gasteiger partial charge in [-0.15, -0.1) is 0 Å². The minimum Gasteiger partial charge on any atom is -0.496 e. The first-order valence-electron chi connectivity index (χ1n) is 9.81. The van der Waals surface area contributed by atoms with Gasteiger partial charge in [-0.2, -0.15) is 0 Å². The topological polar surface area (TPSA) is 37.0 Å². The van der Waals surface area contributed by atoms with E-state index in [1.54, 1.807) is 7.11 Å². The summed E-state index contributed by atoms with van der Waals surface area (Å²) in [4.78, 5) is 4.57. The van der Waals surface area contributed by atoms with Crippen LogP contribution in [0.1, 0.15) is 11.1 Å². The van der Waals surface area contributed by atoms with Crippen LogP contribution in [0, 0.1) is 6.92 Å². The van der Waals surface area contributed by atoms with Crippen molar-refractivity contribution >= 4 is 34.6 Å². The number of nitrogens with zero attached hydrogens (tertiary/aromatic N) is 2. The summed E-state index contributed by atoms with van der Waals surface area (Å²) in [7, 11) is 1.69. The number of ether oxygens (including phenoxy) is 2. The van der Waals surface area contributed by atoms with Gasteiger partial charge in [0, 0.05) is 38.3 Å². The van der Waals surface area contributed by atoms with E-state index in [9.17, 15) is 0 Å². The number of aryl methyl sites for hydroxylation is 1. The fourth-order valence-corrected chi connectivity index (χ4v) is 3.84. The van der Waals surface area contributed by atoms with Crippen molar-refractivity contribution in [2.24, 2.45) is 0 Å². The van der Waals surface area contributed by atoms with E-state index in [0.717, 1.165) is 62.0 Å². The summed E-state index contributed by atoms with van der Waals surface area (Å²) in [6.07, 6.45) is 0. The molecule has 1 aliphatic heterocycles. The molecule has 0 atom stereocenters. The number of hydrogen-bond donors (Lipinski definition) is 1. The number of methoxy groups -OCH3 is 1. The van der Waals surface area contributed by atoms with Gasteiger partial charge in [-0.05, 0) is 42.9 Å². The molecule has 2 aromatic rings. The van der Waals surface area contributed by atoms with E-state index < -0.39 is 0 Å². The third kappa shape index (κ3) is 6.31. The van der Waals surface area contributed by atoms with Gasteiger partial charge in [-0.3, -0.25) is 4.90 Å². The molecule has 3 rings (SSSR count). The normalized spacial score (nSPS) is 14.4. The lowest BCUT2D eigenvalue weighted by atomic mass is 10.2. The van der Waals surface area contributed by atoms with E-state index in [-0.39, 0.29) is 0 Å². The lowest BCUT2D eigenvalue weighted by molar-refractivity contribution is 0.0358. The average Bonchev–Trinajstić information content (AvgIpc) is 2.74. The molecule has 1 aliphatic rings. The molecule has 156 valence electrons. The fraction of sp³-hybridized carbons (Fsp3) is 0.409. The summed E-state index contributed by atoms with van der Waals surface area (Å²) in [5, 5.41) is 4.64. The predicted octanol–water partition coefficient (Wildman–Crippen LogP) is 4.19. The zero-order valence-corrected chi connectivity index (χ0v) is 18.6. The quantitative estimate of drug-likeness (QED) is 0.660. The van der Waals surface area contributed by atoms with Crippen LogP contribution < -0.4 is 10.1 Å². The Bertz CT molecular complexity index is 827. The lowest BCUT2D eigenvalue weighted by Gasteiger charge is -2.32. The maximum atomic E-state index is 6.40. The molecule has 1 N–H and O–H groups in total. The lowest BCUT2D eigenvalue weighted by Crippen LogP contribution is -2.44. The number of anilines is 1. The zero-order valence-electron chi connectivity index (χ0n) is 17.0. The maximum absolute atomic E-state index is 6.40. The maximum Gasteiger partial charge on any atom is 0.173 e. The highest BCUT2D eigenvalue weighted by atomic mass is 35.5. The number of nitrogens with one attached hydrogen (secondary N) is 1. The monoisotopic (exact) mass is 433 g/mol. The van der Waals surface area contributed by atoms with Gasteiger partial charge < -0.3 is 19.7 Å². The summed E-state index contributed by atoms with van der Waals surface area (Å²) >= 11 is 12.2. The molecule has 29 heavy (non-hydrogen) atoms. The van der Waals surface area contributed by atoms with Crippen LogP contribution in [-0.4, -0.2) is 61.4 Å². The van der Waals surface area contributed by atoms with E-state index in [0.29, 0.717) is 16.7 Å². The van der Waals surface area contributed by atoms with Crippen LogP contribution in [0.2, 0.25) is 5.02 Å². The molecule has 0 amide bonds. The summed E-state index contributed by atoms with van der Waals surface area (Å²) in [6, 6.07) is 14.0. The Kier molecular flexibility index (Phi) is 8.12. The van der Waals surface area contributed by atoms with Gasteiger partial charge in [0.05, 0.1) is 31.0 Å². The highest BCUT2D eigenvalue weighted by molar-refractivity contribution is 7.80. The van der Waals surface area contributed by atoms with Gasteiger partial charge in [0.15, 0.2) is 5.11 Å². The van der Waals surface area contributed by atoms with E-state index in [4.69, 9.17) is 33.3 Å². The Morgan fingerprint density at radius 1 is 1.24 bits per heavy atom. The predicted molar refractivity (Wildman–Crippen MR) is 123 cm³/mol. The van der Waals surface area contributed by atoms with E-state index >= 15 is 0 Å². The first kappa shape index (κ1) is 21.8. The van der Waals surface area contributed by atoms with Crippen LogP contribution in [0.3, 0.4) is 0 Å². The molecule has 0 bridgehead atoms. The van der Waals surface area contributed by atoms with Crippen molar-refractivity contribution in [3.63, 3.8) is 0 Å². The number of rotatable bonds is 7. The second kappa shape index (κ2) is 10.8. The Labute approximate surface area is 183 Å². The van der Waals surface area contributed by atoms with Crippen molar-refractivity contribution in [1.82, 2.24) is 9.80 Å². The number of para-hydroxylation sites is 1. The van der Waals surface area contributed by atoms with Gasteiger partial charge in [-0.1, -0.05) is 35.9 Å². The summed E-state index contributed by atoms with van der Waals surface area (Å²) in [5.41, 5.74) is 3.03. The first-order chi connectivity index (χ1) is 14.1. The summed E-state index contributed by atoms with van der Waals surface area (Å²) < 4.78 is 11.0. The van der Waals surface area contributed by atoms with Crippen molar-refractivity contribution in [2.45, 2.75) is 13.5 Å². The van der Waals surface area contributed by atoms with Gasteiger partial charge in [0.1, 0.15) is 5.75 Å². The third-order valence-electron chi connectivity index (χ3n) is 5.00. The molecule has 7 heteroatoms. The molecule has 0 aliphatic carbocycles. The standard InChI is InChI=1S/C22H28ClN3O2S/c1-17-7-8-20(19(23)15-17)24-22(29)26(10-9-25-11-13-28-14-12-25)16-18-5-3-4-6-21(18)27-2/h3-8,15H,9-14,16H2,1-2H3,(H,24,29). The van der Waals surface area contributed by atoms with Crippen molar-refractivity contribution in [2.75, 3.05) is 51.8 Å². The van der Waals surface area contributed by atoms with Gasteiger partial charge in [-0.25, -0.2) is 0 Å². The second-order valence-electron chi connectivity index (χ2n) is 7.10. The molecule has 0 unspecified atom stereocenters. The molecular weight excluding hydrogens is 406 g/mol. The Hall–Kier alpha value is -1.86. The molecule has 0 spiro atoms. The molecule has 5 nitrogen and oxygen atoms in total. The van der Waals surface area contributed by atoms with Crippen molar-refractivity contribution in [3.05, 3.63) is 58.6 Å². The second-order valence-corrected chi connectivity index (χ2v) is 7.89. The zero-order chi connectivity index (χ0) is 20.6. The Morgan fingerprint density at radius 3 is 2.72 bits per heavy atom.